The molecule has 0 radical (unpaired) electrons. The maximum Gasteiger partial charge on any atom is 0.0741 e. The van der Waals surface area contributed by atoms with Gasteiger partial charge in [-0.25, -0.2) is 0 Å². The van der Waals surface area contributed by atoms with Gasteiger partial charge in [-0.3, -0.25) is 0 Å². The van der Waals surface area contributed by atoms with Crippen molar-refractivity contribution in [3.63, 3.8) is 0 Å². The normalized spacial score (nSPS) is 13.9. The van der Waals surface area contributed by atoms with E-state index < -0.39 is 5.41 Å². The Bertz CT molecular complexity index is 3860. The third-order valence-electron chi connectivity index (χ3n) is 14.9. The molecular weight excluding hydrogens is 889 g/mol. The van der Waals surface area contributed by atoms with Crippen LogP contribution < -0.4 is 9.80 Å². The van der Waals surface area contributed by atoms with E-state index in [-0.39, 0.29) is 0 Å². The highest BCUT2D eigenvalue weighted by atomic mass is 32.1. The number of nitrogens with zero attached hydrogens (tertiary/aromatic N) is 2. The van der Waals surface area contributed by atoms with Crippen LogP contribution in [0, 0.1) is 0 Å². The predicted molar refractivity (Wildman–Crippen MR) is 304 cm³/mol. The molecule has 11 aromatic carbocycles. The number of hydrogen-bond acceptors (Lipinski definition) is 3. The van der Waals surface area contributed by atoms with Gasteiger partial charge in [-0.15, -0.1) is 11.3 Å². The number of anilines is 6. The number of hydrogen-bond donors (Lipinski definition) is 0. The summed E-state index contributed by atoms with van der Waals surface area (Å²) >= 11 is 1.92. The summed E-state index contributed by atoms with van der Waals surface area (Å²) in [6.07, 6.45) is 0. The van der Waals surface area contributed by atoms with Gasteiger partial charge in [0.15, 0.2) is 0 Å². The van der Waals surface area contributed by atoms with E-state index in [2.05, 4.69) is 289 Å². The van der Waals surface area contributed by atoms with Crippen LogP contribution in [0.4, 0.5) is 34.1 Å². The van der Waals surface area contributed by atoms with Crippen molar-refractivity contribution in [1.29, 1.82) is 0 Å². The summed E-state index contributed by atoms with van der Waals surface area (Å²) < 4.78 is 1.31. The molecular formula is C69H46N2S. The molecule has 12 aromatic rings. The van der Waals surface area contributed by atoms with Gasteiger partial charge >= 0.3 is 0 Å². The molecule has 0 bridgehead atoms. The van der Waals surface area contributed by atoms with Crippen molar-refractivity contribution in [3.05, 3.63) is 301 Å². The van der Waals surface area contributed by atoms with E-state index >= 15 is 0 Å². The lowest BCUT2D eigenvalue weighted by Gasteiger charge is -2.33. The van der Waals surface area contributed by atoms with Gasteiger partial charge in [-0.1, -0.05) is 200 Å². The van der Waals surface area contributed by atoms with Crippen molar-refractivity contribution in [2.24, 2.45) is 0 Å². The highest BCUT2D eigenvalue weighted by Gasteiger charge is 2.54. The average Bonchev–Trinajstić information content (AvgIpc) is 4.09. The maximum atomic E-state index is 2.52. The molecule has 1 heterocycles. The first-order valence-corrected chi connectivity index (χ1v) is 25.6. The van der Waals surface area contributed by atoms with Gasteiger partial charge in [-0.2, -0.15) is 0 Å². The average molecular weight is 935 g/mol. The Hall–Kier alpha value is -9.02. The van der Waals surface area contributed by atoms with Crippen LogP contribution in [-0.2, 0) is 5.41 Å². The molecule has 0 N–H and O–H groups in total. The molecule has 3 heteroatoms. The molecule has 72 heavy (non-hydrogen) atoms. The highest BCUT2D eigenvalue weighted by Crippen LogP contribution is 2.67. The molecule has 338 valence electrons. The maximum absolute atomic E-state index is 2.52. The number of para-hydroxylation sites is 1. The van der Waals surface area contributed by atoms with Crippen molar-refractivity contribution in [2.75, 3.05) is 9.80 Å². The molecule has 0 saturated heterocycles. The van der Waals surface area contributed by atoms with Crippen LogP contribution in [0.3, 0.4) is 0 Å². The zero-order chi connectivity index (χ0) is 47.6. The number of thiophene rings is 1. The quantitative estimate of drug-likeness (QED) is 0.142. The van der Waals surface area contributed by atoms with Gasteiger partial charge in [-0.05, 0) is 157 Å². The predicted octanol–water partition coefficient (Wildman–Crippen LogP) is 19.2. The third kappa shape index (κ3) is 6.70. The van der Waals surface area contributed by atoms with Crippen LogP contribution in [0.5, 0.6) is 0 Å². The Morgan fingerprint density at radius 2 is 0.625 bits per heavy atom. The van der Waals surface area contributed by atoms with Gasteiger partial charge in [0.1, 0.15) is 0 Å². The first-order valence-electron chi connectivity index (χ1n) is 24.7. The summed E-state index contributed by atoms with van der Waals surface area (Å²) in [7, 11) is 0. The molecule has 14 rings (SSSR count). The van der Waals surface area contributed by atoms with Crippen molar-refractivity contribution in [3.8, 4) is 54.9 Å². The Kier molecular flexibility index (Phi) is 9.97. The van der Waals surface area contributed by atoms with E-state index in [1.165, 1.54) is 87.3 Å². The fraction of sp³-hybridized carbons (Fsp3) is 0.0145. The minimum Gasteiger partial charge on any atom is -0.310 e. The van der Waals surface area contributed by atoms with Crippen LogP contribution >= 0.6 is 11.3 Å². The molecule has 0 amide bonds. The largest absolute Gasteiger partial charge is 0.310 e. The first-order chi connectivity index (χ1) is 35.7. The molecule has 2 aliphatic rings. The molecule has 1 unspecified atom stereocenters. The van der Waals surface area contributed by atoms with E-state index in [4.69, 9.17) is 0 Å². The number of benzene rings is 11. The molecule has 1 aromatic heterocycles. The van der Waals surface area contributed by atoms with Crippen LogP contribution in [0.2, 0.25) is 0 Å². The van der Waals surface area contributed by atoms with Crippen molar-refractivity contribution < 1.29 is 0 Å². The van der Waals surface area contributed by atoms with E-state index in [9.17, 15) is 0 Å². The van der Waals surface area contributed by atoms with Crippen LogP contribution in [0.1, 0.15) is 22.3 Å². The molecule has 2 aliphatic carbocycles. The highest BCUT2D eigenvalue weighted by molar-refractivity contribution is 7.22. The lowest BCUT2D eigenvalue weighted by atomic mass is 9.70. The Morgan fingerprint density at radius 1 is 0.264 bits per heavy atom. The molecule has 1 spiro atoms. The summed E-state index contributed by atoms with van der Waals surface area (Å²) in [4.78, 5) is 6.20. The smallest absolute Gasteiger partial charge is 0.0741 e. The molecule has 0 aliphatic heterocycles. The third-order valence-corrected chi connectivity index (χ3v) is 16.1. The van der Waals surface area contributed by atoms with Gasteiger partial charge in [0.05, 0.1) is 5.41 Å². The van der Waals surface area contributed by atoms with Gasteiger partial charge in [0, 0.05) is 43.7 Å². The van der Waals surface area contributed by atoms with Crippen LogP contribution in [0.25, 0.3) is 65.0 Å². The zero-order valence-corrected chi connectivity index (χ0v) is 40.2. The van der Waals surface area contributed by atoms with E-state index in [1.807, 2.05) is 11.3 Å². The molecule has 1 atom stereocenters. The minimum absolute atomic E-state index is 0.609. The van der Waals surface area contributed by atoms with E-state index in [0.717, 1.165) is 34.1 Å². The molecule has 0 saturated carbocycles. The Balaban J connectivity index is 0.989. The van der Waals surface area contributed by atoms with Crippen LogP contribution in [0.15, 0.2) is 279 Å². The summed E-state index contributed by atoms with van der Waals surface area (Å²) in [5.41, 5.74) is 22.4. The van der Waals surface area contributed by atoms with Gasteiger partial charge < -0.3 is 9.80 Å². The second kappa shape index (κ2) is 17.1. The monoisotopic (exact) mass is 934 g/mol. The van der Waals surface area contributed by atoms with Crippen molar-refractivity contribution in [2.45, 2.75) is 5.41 Å². The number of fused-ring (bicyclic) bond motifs is 12. The zero-order valence-electron chi connectivity index (χ0n) is 39.4. The van der Waals surface area contributed by atoms with Crippen LogP contribution in [-0.4, -0.2) is 0 Å². The van der Waals surface area contributed by atoms with Crippen molar-refractivity contribution >= 4 is 55.5 Å². The second-order valence-electron chi connectivity index (χ2n) is 18.8. The summed E-state index contributed by atoms with van der Waals surface area (Å²) in [6.45, 7) is 0. The fourth-order valence-electron chi connectivity index (χ4n) is 11.7. The topological polar surface area (TPSA) is 6.48 Å². The van der Waals surface area contributed by atoms with E-state index in [1.54, 1.807) is 0 Å². The first kappa shape index (κ1) is 41.9. The fourth-order valence-corrected chi connectivity index (χ4v) is 13.0. The second-order valence-corrected chi connectivity index (χ2v) is 19.9. The van der Waals surface area contributed by atoms with E-state index in [0.29, 0.717) is 0 Å². The molecule has 2 nitrogen and oxygen atoms in total. The summed E-state index contributed by atoms with van der Waals surface area (Å²) in [6, 6.07) is 103. The molecule has 0 fully saturated rings. The number of rotatable bonds is 9. The summed E-state index contributed by atoms with van der Waals surface area (Å²) in [5, 5.41) is 1.31. The van der Waals surface area contributed by atoms with Gasteiger partial charge in [0.2, 0.25) is 0 Å². The summed E-state index contributed by atoms with van der Waals surface area (Å²) in [5.74, 6) is 0. The SMILES string of the molecule is c1ccc(-c2ccc(N(c3ccccc3)c3ccc4c(c3)C3(c5ccccc5-4)c4cc(N(c5ccc(-c6ccccc6)cc5)c5ccc(-c6ccccc6)cc5)ccc4-c4sc5ccccc5c43)cc2)cc1. The lowest BCUT2D eigenvalue weighted by Crippen LogP contribution is -2.26. The lowest BCUT2D eigenvalue weighted by molar-refractivity contribution is 0.802. The minimum atomic E-state index is -0.609. The van der Waals surface area contributed by atoms with Crippen molar-refractivity contribution in [1.82, 2.24) is 0 Å². The van der Waals surface area contributed by atoms with Gasteiger partial charge in [0.25, 0.3) is 0 Å². The Labute approximate surface area is 424 Å². The Morgan fingerprint density at radius 3 is 1.14 bits per heavy atom. The standard InChI is InChI=1S/C69H46N2S/c1-5-17-47(18-6-1)50-29-35-54(36-30-50)70(53-23-11-4-12-24-53)57-41-43-60-59-25-13-15-27-63(59)69(64(60)45-57)65-46-58(42-44-61(65)68-67(69)62-26-14-16-28-66(62)72-68)71(55-37-31-51(32-38-55)48-19-7-2-8-20-48)56-39-33-52(34-40-56)49-21-9-3-10-22-49/h1-46H.